The number of rotatable bonds is 7. The van der Waals surface area contributed by atoms with Gasteiger partial charge in [0.2, 0.25) is 0 Å². The van der Waals surface area contributed by atoms with E-state index in [1.54, 1.807) is 0 Å². The van der Waals surface area contributed by atoms with E-state index in [-0.39, 0.29) is 0 Å². The molecule has 4 aromatic rings. The van der Waals surface area contributed by atoms with E-state index in [9.17, 15) is 0 Å². The first kappa shape index (κ1) is 18.8. The van der Waals surface area contributed by atoms with Crippen molar-refractivity contribution in [2.75, 3.05) is 6.54 Å². The fourth-order valence-corrected chi connectivity index (χ4v) is 3.90. The van der Waals surface area contributed by atoms with Gasteiger partial charge in [0, 0.05) is 28.7 Å². The fraction of sp³-hybridized carbons (Fsp3) is 0.200. The standard InChI is InChI=1S/C25H25ClN2/c1-2-19-5-3-4-6-23(19)20-9-7-18(8-10-20)16-27-14-13-21-17-28-25-12-11-22(26)15-24(21)25/h3-12,15,17,27-28H,2,13-14,16H2,1H3. The van der Waals surface area contributed by atoms with E-state index in [4.69, 9.17) is 11.6 Å². The van der Waals surface area contributed by atoms with Gasteiger partial charge in [-0.05, 0) is 65.4 Å². The second-order valence-corrected chi connectivity index (χ2v) is 7.57. The molecular weight excluding hydrogens is 364 g/mol. The average molecular weight is 389 g/mol. The summed E-state index contributed by atoms with van der Waals surface area (Å²) in [5.41, 5.74) is 7.77. The highest BCUT2D eigenvalue weighted by Crippen LogP contribution is 2.25. The van der Waals surface area contributed by atoms with Crippen LogP contribution in [0.4, 0.5) is 0 Å². The van der Waals surface area contributed by atoms with Gasteiger partial charge in [-0.15, -0.1) is 0 Å². The topological polar surface area (TPSA) is 27.8 Å². The molecule has 0 atom stereocenters. The van der Waals surface area contributed by atoms with Crippen molar-refractivity contribution in [1.29, 1.82) is 0 Å². The summed E-state index contributed by atoms with van der Waals surface area (Å²) in [5, 5.41) is 5.55. The lowest BCUT2D eigenvalue weighted by Gasteiger charge is -2.09. The number of benzene rings is 3. The van der Waals surface area contributed by atoms with Crippen molar-refractivity contribution in [1.82, 2.24) is 10.3 Å². The maximum absolute atomic E-state index is 6.14. The minimum atomic E-state index is 0.783. The van der Waals surface area contributed by atoms with Crippen LogP contribution in [0.5, 0.6) is 0 Å². The molecule has 0 saturated heterocycles. The number of nitrogens with one attached hydrogen (secondary N) is 2. The summed E-state index contributed by atoms with van der Waals surface area (Å²) in [6, 6.07) is 23.5. The average Bonchev–Trinajstić information content (AvgIpc) is 3.13. The molecule has 28 heavy (non-hydrogen) atoms. The van der Waals surface area contributed by atoms with Crippen LogP contribution in [0, 0.1) is 0 Å². The molecule has 0 radical (unpaired) electrons. The fourth-order valence-electron chi connectivity index (χ4n) is 3.73. The molecule has 1 heterocycles. The first-order valence-corrected chi connectivity index (χ1v) is 10.3. The van der Waals surface area contributed by atoms with Gasteiger partial charge in [-0.2, -0.15) is 0 Å². The molecule has 3 aromatic carbocycles. The largest absolute Gasteiger partial charge is 0.361 e. The Kier molecular flexibility index (Phi) is 5.80. The molecule has 2 N–H and O–H groups in total. The molecule has 4 rings (SSSR count). The van der Waals surface area contributed by atoms with Gasteiger partial charge >= 0.3 is 0 Å². The number of aryl methyl sites for hydroxylation is 1. The predicted octanol–water partition coefficient (Wildman–Crippen LogP) is 6.38. The maximum atomic E-state index is 6.14. The lowest BCUT2D eigenvalue weighted by atomic mass is 9.97. The number of fused-ring (bicyclic) bond motifs is 1. The van der Waals surface area contributed by atoms with Crippen molar-refractivity contribution in [3.8, 4) is 11.1 Å². The quantitative estimate of drug-likeness (QED) is 0.353. The normalized spacial score (nSPS) is 11.2. The zero-order chi connectivity index (χ0) is 19.3. The zero-order valence-corrected chi connectivity index (χ0v) is 16.9. The molecular formula is C25H25ClN2. The summed E-state index contributed by atoms with van der Waals surface area (Å²) in [6.07, 6.45) is 4.11. The van der Waals surface area contributed by atoms with Crippen LogP contribution in [0.25, 0.3) is 22.0 Å². The number of H-pyrrole nitrogens is 1. The SMILES string of the molecule is CCc1ccccc1-c1ccc(CNCCc2c[nH]c3ccc(Cl)cc23)cc1. The van der Waals surface area contributed by atoms with Gasteiger partial charge in [0.05, 0.1) is 0 Å². The van der Waals surface area contributed by atoms with Crippen molar-refractivity contribution >= 4 is 22.5 Å². The summed E-state index contributed by atoms with van der Waals surface area (Å²) < 4.78 is 0. The lowest BCUT2D eigenvalue weighted by molar-refractivity contribution is 0.688. The summed E-state index contributed by atoms with van der Waals surface area (Å²) in [6.45, 7) is 4.01. The maximum Gasteiger partial charge on any atom is 0.0457 e. The molecule has 2 nitrogen and oxygen atoms in total. The van der Waals surface area contributed by atoms with Gasteiger partial charge in [0.25, 0.3) is 0 Å². The molecule has 0 aliphatic rings. The van der Waals surface area contributed by atoms with E-state index in [1.165, 1.54) is 33.2 Å². The van der Waals surface area contributed by atoms with Crippen molar-refractivity contribution in [2.24, 2.45) is 0 Å². The second kappa shape index (κ2) is 8.64. The molecule has 1 aromatic heterocycles. The van der Waals surface area contributed by atoms with Crippen molar-refractivity contribution in [2.45, 2.75) is 26.3 Å². The van der Waals surface area contributed by atoms with Crippen LogP contribution in [0.2, 0.25) is 5.02 Å². The summed E-state index contributed by atoms with van der Waals surface area (Å²) >= 11 is 6.14. The van der Waals surface area contributed by atoms with E-state index in [0.717, 1.165) is 36.5 Å². The molecule has 0 fully saturated rings. The van der Waals surface area contributed by atoms with Crippen LogP contribution in [0.1, 0.15) is 23.6 Å². The monoisotopic (exact) mass is 388 g/mol. The molecule has 0 saturated carbocycles. The lowest BCUT2D eigenvalue weighted by Crippen LogP contribution is -2.16. The molecule has 3 heteroatoms. The summed E-state index contributed by atoms with van der Waals surface area (Å²) in [7, 11) is 0. The highest BCUT2D eigenvalue weighted by atomic mass is 35.5. The van der Waals surface area contributed by atoms with Gasteiger partial charge in [0.1, 0.15) is 0 Å². The minimum absolute atomic E-state index is 0.783. The minimum Gasteiger partial charge on any atom is -0.361 e. The second-order valence-electron chi connectivity index (χ2n) is 7.14. The summed E-state index contributed by atoms with van der Waals surface area (Å²) in [4.78, 5) is 3.32. The third-order valence-electron chi connectivity index (χ3n) is 5.29. The highest BCUT2D eigenvalue weighted by molar-refractivity contribution is 6.31. The number of hydrogen-bond donors (Lipinski definition) is 2. The Balaban J connectivity index is 1.34. The van der Waals surface area contributed by atoms with Gasteiger partial charge in [-0.3, -0.25) is 0 Å². The van der Waals surface area contributed by atoms with Crippen LogP contribution in [0.3, 0.4) is 0 Å². The van der Waals surface area contributed by atoms with Crippen LogP contribution < -0.4 is 5.32 Å². The van der Waals surface area contributed by atoms with Crippen LogP contribution in [-0.2, 0) is 19.4 Å². The van der Waals surface area contributed by atoms with Gasteiger partial charge in [-0.1, -0.05) is 67.1 Å². The number of aromatic amines is 1. The van der Waals surface area contributed by atoms with Gasteiger partial charge < -0.3 is 10.3 Å². The van der Waals surface area contributed by atoms with Crippen molar-refractivity contribution in [3.63, 3.8) is 0 Å². The smallest absolute Gasteiger partial charge is 0.0457 e. The molecule has 0 unspecified atom stereocenters. The van der Waals surface area contributed by atoms with Gasteiger partial charge in [0.15, 0.2) is 0 Å². The highest BCUT2D eigenvalue weighted by Gasteiger charge is 2.05. The Bertz CT molecular complexity index is 1060. The van der Waals surface area contributed by atoms with E-state index < -0.39 is 0 Å². The Morgan fingerprint density at radius 2 is 1.75 bits per heavy atom. The van der Waals surface area contributed by atoms with Crippen LogP contribution >= 0.6 is 11.6 Å². The molecule has 0 aliphatic carbocycles. The Hall–Kier alpha value is -2.55. The zero-order valence-electron chi connectivity index (χ0n) is 16.1. The molecule has 0 aliphatic heterocycles. The molecule has 0 bridgehead atoms. The molecule has 0 amide bonds. The van der Waals surface area contributed by atoms with E-state index in [1.807, 2.05) is 18.2 Å². The van der Waals surface area contributed by atoms with Crippen molar-refractivity contribution in [3.05, 3.63) is 94.6 Å². The number of halogens is 1. The Morgan fingerprint density at radius 3 is 2.57 bits per heavy atom. The third-order valence-corrected chi connectivity index (χ3v) is 5.53. The number of aromatic nitrogens is 1. The van der Waals surface area contributed by atoms with E-state index in [0.29, 0.717) is 0 Å². The number of hydrogen-bond acceptors (Lipinski definition) is 1. The molecule has 142 valence electrons. The van der Waals surface area contributed by atoms with E-state index >= 15 is 0 Å². The van der Waals surface area contributed by atoms with Crippen LogP contribution in [-0.4, -0.2) is 11.5 Å². The van der Waals surface area contributed by atoms with Crippen molar-refractivity contribution < 1.29 is 0 Å². The predicted molar refractivity (Wildman–Crippen MR) is 120 cm³/mol. The summed E-state index contributed by atoms with van der Waals surface area (Å²) in [5.74, 6) is 0. The van der Waals surface area contributed by atoms with E-state index in [2.05, 4.69) is 72.0 Å². The first-order chi connectivity index (χ1) is 13.7. The third kappa shape index (κ3) is 4.14. The molecule has 0 spiro atoms. The van der Waals surface area contributed by atoms with Crippen LogP contribution in [0.15, 0.2) is 72.9 Å². The Morgan fingerprint density at radius 1 is 0.929 bits per heavy atom. The first-order valence-electron chi connectivity index (χ1n) is 9.88. The van der Waals surface area contributed by atoms with Gasteiger partial charge in [-0.25, -0.2) is 0 Å². The Labute approximate surface area is 171 Å².